The summed E-state index contributed by atoms with van der Waals surface area (Å²) in [6.07, 6.45) is 1.73. The summed E-state index contributed by atoms with van der Waals surface area (Å²) in [6.45, 7) is 0.763. The van der Waals surface area contributed by atoms with E-state index in [2.05, 4.69) is 21.5 Å². The van der Waals surface area contributed by atoms with Crippen LogP contribution in [0.1, 0.15) is 0 Å². The van der Waals surface area contributed by atoms with Gasteiger partial charge in [0.25, 0.3) is 0 Å². The van der Waals surface area contributed by atoms with E-state index in [9.17, 15) is 8.78 Å². The average molecular weight is 298 g/mol. The first-order valence-corrected chi connectivity index (χ1v) is 6.60. The van der Waals surface area contributed by atoms with Crippen molar-refractivity contribution in [2.75, 3.05) is 11.6 Å². The second kappa shape index (κ2) is 6.38. The number of benzene rings is 1. The fraction of sp³-hybridized carbons (Fsp3) is 0.167. The number of alkyl halides is 2. The van der Waals surface area contributed by atoms with Crippen LogP contribution in [-0.4, -0.2) is 27.2 Å². The molecule has 0 unspecified atom stereocenters. The van der Waals surface area contributed by atoms with Gasteiger partial charge in [-0.15, -0.1) is 16.8 Å². The van der Waals surface area contributed by atoms with Crippen molar-refractivity contribution in [1.82, 2.24) is 14.9 Å². The smallest absolute Gasteiger partial charge is 0.387 e. The highest BCUT2D eigenvalue weighted by Gasteiger charge is 2.12. The Morgan fingerprint density at radius 1 is 1.35 bits per heavy atom. The number of rotatable bonds is 6. The zero-order valence-corrected chi connectivity index (χ0v) is 11.2. The fourth-order valence-corrected chi connectivity index (χ4v) is 2.08. The molecule has 1 heterocycles. The Kier molecular flexibility index (Phi) is 4.57. The molecule has 0 aliphatic heterocycles. The van der Waals surface area contributed by atoms with E-state index in [0.717, 1.165) is 0 Å². The number of hydrogen-bond donors (Lipinski definition) is 1. The minimum absolute atomic E-state index is 0.0769. The van der Waals surface area contributed by atoms with Crippen LogP contribution in [0.3, 0.4) is 0 Å². The van der Waals surface area contributed by atoms with Crippen molar-refractivity contribution in [3.05, 3.63) is 36.9 Å². The molecule has 0 aliphatic carbocycles. The number of nitrogens with zero attached hydrogens (tertiary/aromatic N) is 3. The summed E-state index contributed by atoms with van der Waals surface area (Å²) in [5.41, 5.74) is 0.659. The number of thioether (sulfide) groups is 1. The van der Waals surface area contributed by atoms with E-state index in [-0.39, 0.29) is 5.75 Å². The minimum Gasteiger partial charge on any atom is -0.435 e. The fourth-order valence-electron chi connectivity index (χ4n) is 1.49. The molecule has 0 saturated heterocycles. The summed E-state index contributed by atoms with van der Waals surface area (Å²) < 4.78 is 29.7. The molecule has 20 heavy (non-hydrogen) atoms. The van der Waals surface area contributed by atoms with Crippen molar-refractivity contribution < 1.29 is 13.5 Å². The van der Waals surface area contributed by atoms with Gasteiger partial charge in [0.2, 0.25) is 5.16 Å². The normalized spacial score (nSPS) is 10.8. The molecule has 0 radical (unpaired) electrons. The Bertz CT molecular complexity index is 586. The molecule has 0 spiro atoms. The molecule has 1 aromatic carbocycles. The third-order valence-corrected chi connectivity index (χ3v) is 3.27. The van der Waals surface area contributed by atoms with Crippen LogP contribution in [0.5, 0.6) is 5.75 Å². The monoisotopic (exact) mass is 298 g/mol. The molecule has 106 valence electrons. The maximum Gasteiger partial charge on any atom is 0.387 e. The molecule has 2 aromatic rings. The third-order valence-electron chi connectivity index (χ3n) is 2.33. The first kappa shape index (κ1) is 14.3. The van der Waals surface area contributed by atoms with Crippen LogP contribution < -0.4 is 10.6 Å². The van der Waals surface area contributed by atoms with Gasteiger partial charge in [0.05, 0.1) is 0 Å². The Hall–Kier alpha value is -2.09. The van der Waals surface area contributed by atoms with Gasteiger partial charge in [0.15, 0.2) is 5.82 Å². The average Bonchev–Trinajstić information content (AvgIpc) is 2.78. The van der Waals surface area contributed by atoms with Crippen molar-refractivity contribution in [3.8, 4) is 17.1 Å². The van der Waals surface area contributed by atoms with Gasteiger partial charge in [-0.3, -0.25) is 0 Å². The summed E-state index contributed by atoms with van der Waals surface area (Å²) in [5, 5.41) is 8.47. The second-order valence-electron chi connectivity index (χ2n) is 3.68. The standard InChI is InChI=1S/C12H12F2N4OS/c1-2-7-20-12-17-16-10(18(12)15)8-3-5-9(6-4-8)19-11(13)14/h2-6,11H,1,7,15H2. The molecular weight excluding hydrogens is 286 g/mol. The van der Waals surface area contributed by atoms with Gasteiger partial charge in [-0.1, -0.05) is 17.8 Å². The summed E-state index contributed by atoms with van der Waals surface area (Å²) >= 11 is 1.40. The third kappa shape index (κ3) is 3.27. The highest BCUT2D eigenvalue weighted by Crippen LogP contribution is 2.24. The number of hydrogen-bond acceptors (Lipinski definition) is 5. The molecule has 1 aromatic heterocycles. The Morgan fingerprint density at radius 3 is 2.65 bits per heavy atom. The molecule has 0 aliphatic rings. The number of nitrogens with two attached hydrogens (primary N) is 1. The molecule has 0 bridgehead atoms. The quantitative estimate of drug-likeness (QED) is 0.504. The van der Waals surface area contributed by atoms with Crippen LogP contribution in [0.2, 0.25) is 0 Å². The van der Waals surface area contributed by atoms with E-state index in [1.165, 1.54) is 28.6 Å². The van der Waals surface area contributed by atoms with Crippen molar-refractivity contribution >= 4 is 11.8 Å². The van der Waals surface area contributed by atoms with Crippen molar-refractivity contribution in [2.24, 2.45) is 0 Å². The summed E-state index contributed by atoms with van der Waals surface area (Å²) in [5.74, 6) is 7.06. The molecule has 5 nitrogen and oxygen atoms in total. The Morgan fingerprint density at radius 2 is 2.05 bits per heavy atom. The number of nitrogen functional groups attached to an aromatic ring is 1. The highest BCUT2D eigenvalue weighted by molar-refractivity contribution is 7.99. The molecule has 0 fully saturated rings. The summed E-state index contributed by atoms with van der Waals surface area (Å²) in [7, 11) is 0. The van der Waals surface area contributed by atoms with E-state index in [1.807, 2.05) is 0 Å². The lowest BCUT2D eigenvalue weighted by Gasteiger charge is -2.06. The van der Waals surface area contributed by atoms with E-state index >= 15 is 0 Å². The van der Waals surface area contributed by atoms with E-state index in [1.54, 1.807) is 18.2 Å². The zero-order valence-electron chi connectivity index (χ0n) is 10.4. The zero-order chi connectivity index (χ0) is 14.5. The maximum absolute atomic E-state index is 12.1. The molecule has 2 N–H and O–H groups in total. The molecule has 0 saturated carbocycles. The molecule has 0 atom stereocenters. The Balaban J connectivity index is 2.19. The van der Waals surface area contributed by atoms with Crippen LogP contribution in [0.4, 0.5) is 8.78 Å². The van der Waals surface area contributed by atoms with E-state index < -0.39 is 6.61 Å². The highest BCUT2D eigenvalue weighted by atomic mass is 32.2. The van der Waals surface area contributed by atoms with Gasteiger partial charge < -0.3 is 10.6 Å². The SMILES string of the molecule is C=CCSc1nnc(-c2ccc(OC(F)F)cc2)n1N. The molecule has 0 amide bonds. The number of ether oxygens (including phenoxy) is 1. The van der Waals surface area contributed by atoms with Gasteiger partial charge in [-0.2, -0.15) is 8.78 Å². The minimum atomic E-state index is -2.85. The second-order valence-corrected chi connectivity index (χ2v) is 4.67. The lowest BCUT2D eigenvalue weighted by atomic mass is 10.2. The molecule has 8 heteroatoms. The first-order chi connectivity index (χ1) is 9.61. The lowest BCUT2D eigenvalue weighted by Crippen LogP contribution is -2.11. The first-order valence-electron chi connectivity index (χ1n) is 5.61. The Labute approximate surface area is 118 Å². The van der Waals surface area contributed by atoms with Crippen LogP contribution in [0, 0.1) is 0 Å². The molecule has 2 rings (SSSR count). The van der Waals surface area contributed by atoms with Gasteiger partial charge in [0.1, 0.15) is 5.75 Å². The predicted octanol–water partition coefficient (Wildman–Crippen LogP) is 2.54. The number of halogens is 2. The van der Waals surface area contributed by atoms with Crippen LogP contribution in [0.25, 0.3) is 11.4 Å². The van der Waals surface area contributed by atoms with Gasteiger partial charge in [-0.05, 0) is 24.3 Å². The van der Waals surface area contributed by atoms with E-state index in [4.69, 9.17) is 5.84 Å². The van der Waals surface area contributed by atoms with Gasteiger partial charge in [-0.25, -0.2) is 4.68 Å². The van der Waals surface area contributed by atoms with Crippen LogP contribution in [0.15, 0.2) is 42.1 Å². The van der Waals surface area contributed by atoms with Crippen LogP contribution in [-0.2, 0) is 0 Å². The number of aromatic nitrogens is 3. The van der Waals surface area contributed by atoms with Crippen LogP contribution >= 0.6 is 11.8 Å². The van der Waals surface area contributed by atoms with Gasteiger partial charge in [0, 0.05) is 11.3 Å². The van der Waals surface area contributed by atoms with Crippen molar-refractivity contribution in [2.45, 2.75) is 11.8 Å². The van der Waals surface area contributed by atoms with Crippen molar-refractivity contribution in [3.63, 3.8) is 0 Å². The van der Waals surface area contributed by atoms with E-state index in [0.29, 0.717) is 22.3 Å². The van der Waals surface area contributed by atoms with Crippen molar-refractivity contribution in [1.29, 1.82) is 0 Å². The van der Waals surface area contributed by atoms with Gasteiger partial charge >= 0.3 is 6.61 Å². The molecular formula is C12H12F2N4OS. The lowest BCUT2D eigenvalue weighted by molar-refractivity contribution is -0.0498. The summed E-state index contributed by atoms with van der Waals surface area (Å²) in [4.78, 5) is 0. The predicted molar refractivity (Wildman–Crippen MR) is 73.2 cm³/mol. The largest absolute Gasteiger partial charge is 0.435 e. The topological polar surface area (TPSA) is 66.0 Å². The summed E-state index contributed by atoms with van der Waals surface area (Å²) in [6, 6.07) is 6.03. The maximum atomic E-state index is 12.1.